The number of rotatable bonds is 3. The van der Waals surface area contributed by atoms with Gasteiger partial charge in [-0.25, -0.2) is 0 Å². The van der Waals surface area contributed by atoms with E-state index < -0.39 is 0 Å². The highest BCUT2D eigenvalue weighted by Crippen LogP contribution is 2.30. The molecule has 1 heterocycles. The molecule has 2 atom stereocenters. The highest BCUT2D eigenvalue weighted by molar-refractivity contribution is 9.10. The summed E-state index contributed by atoms with van der Waals surface area (Å²) >= 11 is 5.18. The Kier molecular flexibility index (Phi) is 3.75. The summed E-state index contributed by atoms with van der Waals surface area (Å²) in [6.07, 6.45) is 0.613. The van der Waals surface area contributed by atoms with Gasteiger partial charge in [0.25, 0.3) is 0 Å². The van der Waals surface area contributed by atoms with Crippen LogP contribution in [0.3, 0.4) is 0 Å². The van der Waals surface area contributed by atoms with E-state index in [0.717, 1.165) is 6.42 Å². The van der Waals surface area contributed by atoms with Gasteiger partial charge in [-0.15, -0.1) is 0 Å². The van der Waals surface area contributed by atoms with Crippen molar-refractivity contribution in [3.8, 4) is 0 Å². The summed E-state index contributed by atoms with van der Waals surface area (Å²) in [7, 11) is 0. The molecule has 1 nitrogen and oxygen atoms in total. The van der Waals surface area contributed by atoms with Gasteiger partial charge < -0.3 is 5.11 Å². The Morgan fingerprint density at radius 2 is 2.17 bits per heavy atom. The smallest absolute Gasteiger partial charge is 0.0517 e. The summed E-state index contributed by atoms with van der Waals surface area (Å²) in [4.78, 5) is 0. The molecule has 0 spiro atoms. The molecular formula is C9H13BrOS. The normalized spacial score (nSPS) is 16.0. The van der Waals surface area contributed by atoms with Crippen LogP contribution in [0.2, 0.25) is 0 Å². The second-order valence-corrected chi connectivity index (χ2v) is 4.76. The van der Waals surface area contributed by atoms with Crippen molar-refractivity contribution < 1.29 is 5.11 Å². The zero-order valence-corrected chi connectivity index (χ0v) is 9.65. The molecular weight excluding hydrogens is 236 g/mol. The first-order valence-corrected chi connectivity index (χ1v) is 5.74. The van der Waals surface area contributed by atoms with Gasteiger partial charge in [0.2, 0.25) is 0 Å². The van der Waals surface area contributed by atoms with Gasteiger partial charge in [0.1, 0.15) is 0 Å². The van der Waals surface area contributed by atoms with Crippen molar-refractivity contribution in [3.63, 3.8) is 0 Å². The Morgan fingerprint density at radius 3 is 2.58 bits per heavy atom. The fourth-order valence-corrected chi connectivity index (χ4v) is 3.09. The maximum Gasteiger partial charge on any atom is 0.0517 e. The molecule has 0 amide bonds. The minimum Gasteiger partial charge on any atom is -0.393 e. The van der Waals surface area contributed by atoms with Crippen LogP contribution in [0.25, 0.3) is 0 Å². The first kappa shape index (κ1) is 10.2. The lowest BCUT2D eigenvalue weighted by Crippen LogP contribution is -2.05. The van der Waals surface area contributed by atoms with E-state index in [2.05, 4.69) is 33.6 Å². The van der Waals surface area contributed by atoms with Gasteiger partial charge in [0, 0.05) is 9.85 Å². The van der Waals surface area contributed by atoms with Crippen LogP contribution in [-0.4, -0.2) is 11.2 Å². The summed E-state index contributed by atoms with van der Waals surface area (Å²) in [5.74, 6) is 0.436. The van der Waals surface area contributed by atoms with Gasteiger partial charge in [-0.05, 0) is 46.1 Å². The molecule has 0 aliphatic heterocycles. The van der Waals surface area contributed by atoms with Gasteiger partial charge in [-0.2, -0.15) is 11.3 Å². The predicted molar refractivity (Wildman–Crippen MR) is 56.7 cm³/mol. The molecule has 0 radical (unpaired) electrons. The molecule has 2 unspecified atom stereocenters. The zero-order valence-electron chi connectivity index (χ0n) is 7.25. The fraction of sp³-hybridized carbons (Fsp3) is 0.556. The van der Waals surface area contributed by atoms with E-state index in [0.29, 0.717) is 5.92 Å². The van der Waals surface area contributed by atoms with Crippen LogP contribution in [0.4, 0.5) is 0 Å². The Morgan fingerprint density at radius 1 is 1.50 bits per heavy atom. The van der Waals surface area contributed by atoms with Gasteiger partial charge in [-0.1, -0.05) is 6.92 Å². The van der Waals surface area contributed by atoms with Crippen LogP contribution in [0, 0.1) is 0 Å². The van der Waals surface area contributed by atoms with E-state index in [1.807, 2.05) is 6.92 Å². The molecule has 1 N–H and O–H groups in total. The molecule has 3 heteroatoms. The van der Waals surface area contributed by atoms with Crippen molar-refractivity contribution in [2.24, 2.45) is 0 Å². The van der Waals surface area contributed by atoms with Gasteiger partial charge in [0.05, 0.1) is 6.10 Å². The molecule has 0 saturated heterocycles. The van der Waals surface area contributed by atoms with Crippen molar-refractivity contribution in [3.05, 3.63) is 20.8 Å². The SMILES string of the molecule is CC(O)CC(C)c1cscc1Br. The quantitative estimate of drug-likeness (QED) is 0.870. The number of hydrogen-bond donors (Lipinski definition) is 1. The van der Waals surface area contributed by atoms with Crippen LogP contribution >= 0.6 is 27.3 Å². The van der Waals surface area contributed by atoms with E-state index in [1.165, 1.54) is 10.0 Å². The van der Waals surface area contributed by atoms with Crippen LogP contribution in [0.5, 0.6) is 0 Å². The summed E-state index contributed by atoms with van der Waals surface area (Å²) in [5.41, 5.74) is 1.31. The summed E-state index contributed by atoms with van der Waals surface area (Å²) < 4.78 is 1.17. The van der Waals surface area contributed by atoms with Crippen molar-refractivity contribution in [2.75, 3.05) is 0 Å². The second kappa shape index (κ2) is 4.40. The minimum atomic E-state index is -0.216. The Bertz CT molecular complexity index is 244. The van der Waals surface area contributed by atoms with E-state index >= 15 is 0 Å². The minimum absolute atomic E-state index is 0.216. The van der Waals surface area contributed by atoms with Crippen molar-refractivity contribution in [1.29, 1.82) is 0 Å². The van der Waals surface area contributed by atoms with Crippen molar-refractivity contribution in [2.45, 2.75) is 32.3 Å². The standard InChI is InChI=1S/C9H13BrOS/c1-6(3-7(2)11)8-4-12-5-9(8)10/h4-7,11H,3H2,1-2H3. The van der Waals surface area contributed by atoms with Gasteiger partial charge in [0.15, 0.2) is 0 Å². The molecule has 1 aromatic heterocycles. The third-order valence-corrected chi connectivity index (χ3v) is 3.62. The van der Waals surface area contributed by atoms with Gasteiger partial charge >= 0.3 is 0 Å². The summed E-state index contributed by atoms with van der Waals surface area (Å²) in [6.45, 7) is 3.97. The second-order valence-electron chi connectivity index (χ2n) is 3.16. The number of aliphatic hydroxyl groups is 1. The molecule has 0 saturated carbocycles. The van der Waals surface area contributed by atoms with E-state index in [9.17, 15) is 5.11 Å². The first-order valence-electron chi connectivity index (χ1n) is 4.01. The lowest BCUT2D eigenvalue weighted by atomic mass is 9.98. The van der Waals surface area contributed by atoms with Crippen LogP contribution in [-0.2, 0) is 0 Å². The monoisotopic (exact) mass is 248 g/mol. The lowest BCUT2D eigenvalue weighted by molar-refractivity contribution is 0.176. The van der Waals surface area contributed by atoms with Crippen molar-refractivity contribution in [1.82, 2.24) is 0 Å². The highest BCUT2D eigenvalue weighted by atomic mass is 79.9. The highest BCUT2D eigenvalue weighted by Gasteiger charge is 2.12. The zero-order chi connectivity index (χ0) is 9.14. The third-order valence-electron chi connectivity index (χ3n) is 1.87. The molecule has 12 heavy (non-hydrogen) atoms. The number of thiophene rings is 1. The van der Waals surface area contributed by atoms with E-state index in [4.69, 9.17) is 0 Å². The van der Waals surface area contributed by atoms with E-state index in [1.54, 1.807) is 11.3 Å². The first-order chi connectivity index (χ1) is 5.61. The molecule has 0 fully saturated rings. The largest absolute Gasteiger partial charge is 0.393 e. The topological polar surface area (TPSA) is 20.2 Å². The van der Waals surface area contributed by atoms with Crippen LogP contribution in [0.15, 0.2) is 15.2 Å². The Balaban J connectivity index is 2.65. The molecule has 0 aliphatic rings. The molecule has 0 bridgehead atoms. The summed E-state index contributed by atoms with van der Waals surface area (Å²) in [5, 5.41) is 13.4. The molecule has 1 aromatic rings. The predicted octanol–water partition coefficient (Wildman–Crippen LogP) is 3.39. The maximum atomic E-state index is 9.20. The Hall–Kier alpha value is 0.140. The molecule has 1 rings (SSSR count). The summed E-state index contributed by atoms with van der Waals surface area (Å²) in [6, 6.07) is 0. The van der Waals surface area contributed by atoms with Gasteiger partial charge in [-0.3, -0.25) is 0 Å². The average Bonchev–Trinajstić information content (AvgIpc) is 2.33. The van der Waals surface area contributed by atoms with E-state index in [-0.39, 0.29) is 6.10 Å². The van der Waals surface area contributed by atoms with Crippen molar-refractivity contribution >= 4 is 27.3 Å². The third kappa shape index (κ3) is 2.57. The number of hydrogen-bond acceptors (Lipinski definition) is 2. The fourth-order valence-electron chi connectivity index (χ4n) is 1.28. The molecule has 68 valence electrons. The Labute approximate surface area is 85.6 Å². The number of aliphatic hydroxyl groups excluding tert-OH is 1. The molecule has 0 aliphatic carbocycles. The average molecular weight is 249 g/mol. The maximum absolute atomic E-state index is 9.20. The number of halogens is 1. The van der Waals surface area contributed by atoms with Crippen LogP contribution in [0.1, 0.15) is 31.7 Å². The molecule has 0 aromatic carbocycles. The van der Waals surface area contributed by atoms with Crippen LogP contribution < -0.4 is 0 Å². The lowest BCUT2D eigenvalue weighted by Gasteiger charge is -2.12.